The molecular formula is C21H21N3OS2. The number of rotatable bonds is 7. The molecule has 0 unspecified atom stereocenters. The van der Waals surface area contributed by atoms with Gasteiger partial charge in [-0.25, -0.2) is 4.98 Å². The molecule has 0 saturated carbocycles. The molecule has 0 radical (unpaired) electrons. The van der Waals surface area contributed by atoms with Crippen molar-refractivity contribution in [3.8, 4) is 11.8 Å². The average Bonchev–Trinajstić information content (AvgIpc) is 3.09. The van der Waals surface area contributed by atoms with E-state index in [1.165, 1.54) is 10.4 Å². The van der Waals surface area contributed by atoms with Crippen LogP contribution in [0.4, 0.5) is 10.8 Å². The summed E-state index contributed by atoms with van der Waals surface area (Å²) in [5.74, 6) is 0.864. The molecule has 0 amide bonds. The summed E-state index contributed by atoms with van der Waals surface area (Å²) >= 11 is 3.37. The molecule has 1 heterocycles. The molecule has 0 aliphatic carbocycles. The molecule has 27 heavy (non-hydrogen) atoms. The van der Waals surface area contributed by atoms with E-state index >= 15 is 0 Å². The van der Waals surface area contributed by atoms with Crippen LogP contribution in [0.5, 0.6) is 5.75 Å². The van der Waals surface area contributed by atoms with Crippen LogP contribution >= 0.6 is 23.1 Å². The third kappa shape index (κ3) is 4.62. The van der Waals surface area contributed by atoms with Crippen molar-refractivity contribution in [2.24, 2.45) is 0 Å². The highest BCUT2D eigenvalue weighted by atomic mass is 32.2. The van der Waals surface area contributed by atoms with E-state index in [2.05, 4.69) is 36.3 Å². The van der Waals surface area contributed by atoms with Crippen molar-refractivity contribution < 1.29 is 4.74 Å². The summed E-state index contributed by atoms with van der Waals surface area (Å²) in [5.41, 5.74) is 2.95. The van der Waals surface area contributed by atoms with Crippen molar-refractivity contribution in [3.63, 3.8) is 0 Å². The maximum Gasteiger partial charge on any atom is 0.191 e. The zero-order valence-corrected chi connectivity index (χ0v) is 17.2. The van der Waals surface area contributed by atoms with Crippen LogP contribution in [-0.4, -0.2) is 24.9 Å². The first-order valence-electron chi connectivity index (χ1n) is 8.56. The number of nitrogens with zero attached hydrogens (tertiary/aromatic N) is 3. The van der Waals surface area contributed by atoms with Crippen molar-refractivity contribution in [3.05, 3.63) is 64.5 Å². The fourth-order valence-electron chi connectivity index (χ4n) is 2.76. The smallest absolute Gasteiger partial charge is 0.191 e. The van der Waals surface area contributed by atoms with E-state index < -0.39 is 0 Å². The first kappa shape index (κ1) is 19.3. The van der Waals surface area contributed by atoms with Gasteiger partial charge in [-0.3, -0.25) is 0 Å². The van der Waals surface area contributed by atoms with Gasteiger partial charge >= 0.3 is 0 Å². The maximum absolute atomic E-state index is 9.06. The number of methoxy groups -OCH3 is 1. The topological polar surface area (TPSA) is 49.1 Å². The van der Waals surface area contributed by atoms with Gasteiger partial charge < -0.3 is 9.64 Å². The van der Waals surface area contributed by atoms with Crippen molar-refractivity contribution >= 4 is 33.9 Å². The minimum Gasteiger partial charge on any atom is -0.497 e. The summed E-state index contributed by atoms with van der Waals surface area (Å²) in [5, 5.41) is 11.1. The summed E-state index contributed by atoms with van der Waals surface area (Å²) in [4.78, 5) is 8.26. The lowest BCUT2D eigenvalue weighted by molar-refractivity contribution is 0.414. The Morgan fingerprint density at radius 2 is 1.85 bits per heavy atom. The lowest BCUT2D eigenvalue weighted by Gasteiger charge is -2.22. The predicted molar refractivity (Wildman–Crippen MR) is 113 cm³/mol. The molecule has 4 nitrogen and oxygen atoms in total. The Hall–Kier alpha value is -2.49. The highest BCUT2D eigenvalue weighted by molar-refractivity contribution is 7.98. The summed E-state index contributed by atoms with van der Waals surface area (Å²) in [6.07, 6.45) is 2.94. The van der Waals surface area contributed by atoms with Gasteiger partial charge in [0.1, 0.15) is 10.8 Å². The molecule has 6 heteroatoms. The SMILES string of the molecule is COc1ccc(CCN(c2ccc(C#N)cc2)c2nc(SC)c(C)s2)cc1. The number of thioether (sulfide) groups is 1. The van der Waals surface area contributed by atoms with Crippen LogP contribution < -0.4 is 9.64 Å². The van der Waals surface area contributed by atoms with Gasteiger partial charge in [0.15, 0.2) is 5.13 Å². The van der Waals surface area contributed by atoms with Gasteiger partial charge in [0, 0.05) is 17.1 Å². The Morgan fingerprint density at radius 1 is 1.15 bits per heavy atom. The minimum atomic E-state index is 0.661. The molecule has 3 rings (SSSR count). The summed E-state index contributed by atoms with van der Waals surface area (Å²) in [6, 6.07) is 18.0. The summed E-state index contributed by atoms with van der Waals surface area (Å²) in [6.45, 7) is 2.91. The molecular weight excluding hydrogens is 374 g/mol. The third-order valence-corrected chi connectivity index (χ3v) is 6.17. The third-order valence-electron chi connectivity index (χ3n) is 4.26. The van der Waals surface area contributed by atoms with Crippen LogP contribution in [0.2, 0.25) is 0 Å². The Labute approximate surface area is 168 Å². The van der Waals surface area contributed by atoms with Gasteiger partial charge in [0.05, 0.1) is 18.7 Å². The second-order valence-electron chi connectivity index (χ2n) is 5.97. The van der Waals surface area contributed by atoms with E-state index in [4.69, 9.17) is 15.0 Å². The molecule has 0 spiro atoms. The zero-order valence-electron chi connectivity index (χ0n) is 15.6. The second-order valence-corrected chi connectivity index (χ2v) is 7.95. The van der Waals surface area contributed by atoms with Crippen LogP contribution in [0, 0.1) is 18.3 Å². The molecule has 138 valence electrons. The van der Waals surface area contributed by atoms with E-state index in [-0.39, 0.29) is 0 Å². The Morgan fingerprint density at radius 3 is 2.41 bits per heavy atom. The van der Waals surface area contributed by atoms with Crippen LogP contribution in [0.3, 0.4) is 0 Å². The van der Waals surface area contributed by atoms with E-state index in [0.29, 0.717) is 5.56 Å². The van der Waals surface area contributed by atoms with Gasteiger partial charge in [0.25, 0.3) is 0 Å². The Bertz CT molecular complexity index is 928. The number of aromatic nitrogens is 1. The Kier molecular flexibility index (Phi) is 6.38. The van der Waals surface area contributed by atoms with Crippen LogP contribution in [0.15, 0.2) is 53.6 Å². The van der Waals surface area contributed by atoms with Crippen molar-refractivity contribution in [2.45, 2.75) is 18.4 Å². The monoisotopic (exact) mass is 395 g/mol. The number of nitriles is 1. The fourth-order valence-corrected chi connectivity index (χ4v) is 4.51. The van der Waals surface area contributed by atoms with Crippen LogP contribution in [0.1, 0.15) is 16.0 Å². The van der Waals surface area contributed by atoms with Gasteiger partial charge in [0.2, 0.25) is 0 Å². The standard InChI is InChI=1S/C21H21N3OS2/c1-15-20(26-3)23-21(27-15)24(18-8-4-17(14-22)5-9-18)13-12-16-6-10-19(25-2)11-7-16/h4-11H,12-13H2,1-3H3. The van der Waals surface area contributed by atoms with E-state index in [1.807, 2.05) is 36.4 Å². The number of hydrogen-bond donors (Lipinski definition) is 0. The molecule has 1 aromatic heterocycles. The summed E-state index contributed by atoms with van der Waals surface area (Å²) < 4.78 is 5.24. The Balaban J connectivity index is 1.86. The zero-order chi connectivity index (χ0) is 19.2. The van der Waals surface area contributed by atoms with Gasteiger partial charge in [-0.05, 0) is 61.6 Å². The first-order chi connectivity index (χ1) is 13.1. The van der Waals surface area contributed by atoms with E-state index in [1.54, 1.807) is 30.2 Å². The predicted octanol–water partition coefficient (Wildman–Crippen LogP) is 5.43. The molecule has 0 fully saturated rings. The molecule has 0 atom stereocenters. The molecule has 3 aromatic rings. The second kappa shape index (κ2) is 8.94. The van der Waals surface area contributed by atoms with Crippen LogP contribution in [0.25, 0.3) is 0 Å². The fraction of sp³-hybridized carbons (Fsp3) is 0.238. The summed E-state index contributed by atoms with van der Waals surface area (Å²) in [7, 11) is 1.68. The molecule has 0 aliphatic rings. The lowest BCUT2D eigenvalue weighted by atomic mass is 10.1. The molecule has 0 aliphatic heterocycles. The number of hydrogen-bond acceptors (Lipinski definition) is 6. The van der Waals surface area contributed by atoms with Crippen molar-refractivity contribution in [1.29, 1.82) is 5.26 Å². The number of thiazole rings is 1. The quantitative estimate of drug-likeness (QED) is 0.499. The van der Waals surface area contributed by atoms with Crippen molar-refractivity contribution in [2.75, 3.05) is 24.8 Å². The van der Waals surface area contributed by atoms with Crippen molar-refractivity contribution in [1.82, 2.24) is 4.98 Å². The number of aryl methyl sites for hydroxylation is 1. The van der Waals surface area contributed by atoms with Gasteiger partial charge in [-0.15, -0.1) is 23.1 Å². The van der Waals surface area contributed by atoms with Gasteiger partial charge in [-0.2, -0.15) is 5.26 Å². The molecule has 2 aromatic carbocycles. The molecule has 0 saturated heterocycles. The normalized spacial score (nSPS) is 10.4. The number of benzene rings is 2. The largest absolute Gasteiger partial charge is 0.497 e. The van der Waals surface area contributed by atoms with E-state index in [9.17, 15) is 0 Å². The average molecular weight is 396 g/mol. The highest BCUT2D eigenvalue weighted by Crippen LogP contribution is 2.35. The first-order valence-corrected chi connectivity index (χ1v) is 10.6. The molecule has 0 bridgehead atoms. The minimum absolute atomic E-state index is 0.661. The maximum atomic E-state index is 9.06. The van der Waals surface area contributed by atoms with E-state index in [0.717, 1.165) is 34.6 Å². The molecule has 0 N–H and O–H groups in total. The number of anilines is 2. The number of ether oxygens (including phenoxy) is 1. The highest BCUT2D eigenvalue weighted by Gasteiger charge is 2.16. The van der Waals surface area contributed by atoms with Crippen LogP contribution in [-0.2, 0) is 6.42 Å². The van der Waals surface area contributed by atoms with Gasteiger partial charge in [-0.1, -0.05) is 12.1 Å². The lowest BCUT2D eigenvalue weighted by Crippen LogP contribution is -2.20.